The predicted molar refractivity (Wildman–Crippen MR) is 47.9 cm³/mol. The number of aromatic hydroxyl groups is 1. The van der Waals surface area contributed by atoms with Crippen molar-refractivity contribution < 1.29 is 18.3 Å². The van der Waals surface area contributed by atoms with E-state index >= 15 is 0 Å². The van der Waals surface area contributed by atoms with Crippen LogP contribution in [0.15, 0.2) is 6.07 Å². The SMILES string of the molecule is NCC1(c2cc(F)c(F)c(F)c2O)CC1. The molecular formula is C10H10F3NO. The first-order valence-corrected chi connectivity index (χ1v) is 4.59. The quantitative estimate of drug-likeness (QED) is 0.742. The molecule has 82 valence electrons. The van der Waals surface area contributed by atoms with Gasteiger partial charge in [-0.2, -0.15) is 4.39 Å². The molecule has 0 heterocycles. The highest BCUT2D eigenvalue weighted by Crippen LogP contribution is 2.51. The molecule has 2 rings (SSSR count). The van der Waals surface area contributed by atoms with Gasteiger partial charge in [0.2, 0.25) is 5.82 Å². The Morgan fingerprint density at radius 2 is 1.87 bits per heavy atom. The summed E-state index contributed by atoms with van der Waals surface area (Å²) in [6.07, 6.45) is 1.31. The van der Waals surface area contributed by atoms with Crippen molar-refractivity contribution in [3.8, 4) is 5.75 Å². The van der Waals surface area contributed by atoms with Crippen molar-refractivity contribution in [2.24, 2.45) is 5.73 Å². The van der Waals surface area contributed by atoms with Gasteiger partial charge in [-0.25, -0.2) is 8.78 Å². The molecule has 15 heavy (non-hydrogen) atoms. The smallest absolute Gasteiger partial charge is 0.203 e. The summed E-state index contributed by atoms with van der Waals surface area (Å²) in [4.78, 5) is 0. The van der Waals surface area contributed by atoms with Crippen LogP contribution in [0.3, 0.4) is 0 Å². The van der Waals surface area contributed by atoms with E-state index in [9.17, 15) is 18.3 Å². The Labute approximate surface area is 84.5 Å². The zero-order valence-electron chi connectivity index (χ0n) is 7.86. The van der Waals surface area contributed by atoms with Crippen LogP contribution < -0.4 is 5.73 Å². The Kier molecular flexibility index (Phi) is 2.15. The number of nitrogens with two attached hydrogens (primary N) is 1. The molecule has 0 radical (unpaired) electrons. The maximum atomic E-state index is 13.0. The second-order valence-electron chi connectivity index (χ2n) is 3.87. The lowest BCUT2D eigenvalue weighted by Gasteiger charge is -2.15. The molecule has 0 amide bonds. The largest absolute Gasteiger partial charge is 0.505 e. The average Bonchev–Trinajstić information content (AvgIpc) is 3.01. The highest BCUT2D eigenvalue weighted by molar-refractivity contribution is 5.44. The second-order valence-corrected chi connectivity index (χ2v) is 3.87. The third-order valence-electron chi connectivity index (χ3n) is 2.95. The molecule has 5 heteroatoms. The van der Waals surface area contributed by atoms with Crippen molar-refractivity contribution in [2.75, 3.05) is 6.54 Å². The first-order chi connectivity index (χ1) is 7.02. The fourth-order valence-electron chi connectivity index (χ4n) is 1.72. The molecule has 3 N–H and O–H groups in total. The van der Waals surface area contributed by atoms with E-state index < -0.39 is 28.6 Å². The molecule has 1 aromatic carbocycles. The Bertz CT molecular complexity index is 416. The van der Waals surface area contributed by atoms with Gasteiger partial charge in [-0.15, -0.1) is 0 Å². The molecule has 1 aromatic rings. The Hall–Kier alpha value is -1.23. The van der Waals surface area contributed by atoms with Crippen LogP contribution in [0.4, 0.5) is 13.2 Å². The predicted octanol–water partition coefficient (Wildman–Crippen LogP) is 1.80. The summed E-state index contributed by atoms with van der Waals surface area (Å²) >= 11 is 0. The molecule has 1 fully saturated rings. The first kappa shape index (κ1) is 10.3. The van der Waals surface area contributed by atoms with Crippen LogP contribution in [0, 0.1) is 17.5 Å². The van der Waals surface area contributed by atoms with Crippen LogP contribution in [0.2, 0.25) is 0 Å². The fourth-order valence-corrected chi connectivity index (χ4v) is 1.72. The van der Waals surface area contributed by atoms with Crippen molar-refractivity contribution in [3.05, 3.63) is 29.1 Å². The van der Waals surface area contributed by atoms with Crippen LogP contribution in [-0.4, -0.2) is 11.7 Å². The van der Waals surface area contributed by atoms with Crippen LogP contribution in [0.5, 0.6) is 5.75 Å². The highest BCUT2D eigenvalue weighted by atomic mass is 19.2. The minimum atomic E-state index is -1.65. The number of phenols is 1. The number of hydrogen-bond donors (Lipinski definition) is 2. The molecule has 0 unspecified atom stereocenters. The maximum absolute atomic E-state index is 13.0. The zero-order valence-corrected chi connectivity index (χ0v) is 7.86. The summed E-state index contributed by atoms with van der Waals surface area (Å²) in [6, 6.07) is 0.827. The van der Waals surface area contributed by atoms with Gasteiger partial charge in [0.05, 0.1) is 0 Å². The van der Waals surface area contributed by atoms with Gasteiger partial charge in [-0.05, 0) is 18.9 Å². The normalized spacial score (nSPS) is 17.9. The van der Waals surface area contributed by atoms with E-state index in [0.29, 0.717) is 12.8 Å². The molecule has 0 spiro atoms. The van der Waals surface area contributed by atoms with Gasteiger partial charge in [0.15, 0.2) is 17.4 Å². The summed E-state index contributed by atoms with van der Waals surface area (Å²) < 4.78 is 38.7. The van der Waals surface area contributed by atoms with Gasteiger partial charge in [0.25, 0.3) is 0 Å². The lowest BCUT2D eigenvalue weighted by molar-refractivity contribution is 0.376. The number of benzene rings is 1. The molecule has 2 nitrogen and oxygen atoms in total. The monoisotopic (exact) mass is 217 g/mol. The van der Waals surface area contributed by atoms with Crippen molar-refractivity contribution in [2.45, 2.75) is 18.3 Å². The van der Waals surface area contributed by atoms with Gasteiger partial charge in [-0.3, -0.25) is 0 Å². The average molecular weight is 217 g/mol. The minimum absolute atomic E-state index is 0.0707. The molecule has 1 aliphatic rings. The second kappa shape index (κ2) is 3.13. The highest BCUT2D eigenvalue weighted by Gasteiger charge is 2.46. The number of phenolic OH excluding ortho intramolecular Hbond substituents is 1. The minimum Gasteiger partial charge on any atom is -0.505 e. The topological polar surface area (TPSA) is 46.2 Å². The molecular weight excluding hydrogens is 207 g/mol. The molecule has 0 aromatic heterocycles. The van der Waals surface area contributed by atoms with E-state index in [1.54, 1.807) is 0 Å². The van der Waals surface area contributed by atoms with Gasteiger partial charge in [0.1, 0.15) is 0 Å². The van der Waals surface area contributed by atoms with Crippen LogP contribution >= 0.6 is 0 Å². The van der Waals surface area contributed by atoms with Crippen LogP contribution in [-0.2, 0) is 5.41 Å². The molecule has 0 saturated heterocycles. The van der Waals surface area contributed by atoms with Crippen molar-refractivity contribution in [1.29, 1.82) is 0 Å². The summed E-state index contributed by atoms with van der Waals surface area (Å²) in [5.74, 6) is -5.30. The van der Waals surface area contributed by atoms with E-state index in [-0.39, 0.29) is 12.1 Å². The molecule has 1 aliphatic carbocycles. The zero-order chi connectivity index (χ0) is 11.2. The number of rotatable bonds is 2. The van der Waals surface area contributed by atoms with E-state index in [4.69, 9.17) is 5.73 Å². The number of halogens is 3. The standard InChI is InChI=1S/C10H10F3NO/c11-6-3-5(10(4-14)1-2-10)9(15)8(13)7(6)12/h3,15H,1-2,4,14H2. The molecule has 0 atom stereocenters. The Morgan fingerprint density at radius 3 is 2.33 bits per heavy atom. The fraction of sp³-hybridized carbons (Fsp3) is 0.400. The maximum Gasteiger partial charge on any atom is 0.203 e. The van der Waals surface area contributed by atoms with E-state index in [1.165, 1.54) is 0 Å². The lowest BCUT2D eigenvalue weighted by atomic mass is 9.94. The lowest BCUT2D eigenvalue weighted by Crippen LogP contribution is -2.20. The van der Waals surface area contributed by atoms with E-state index in [2.05, 4.69) is 0 Å². The van der Waals surface area contributed by atoms with Gasteiger partial charge >= 0.3 is 0 Å². The summed E-state index contributed by atoms with van der Waals surface area (Å²) in [5.41, 5.74) is 4.96. The number of hydrogen-bond acceptors (Lipinski definition) is 2. The summed E-state index contributed by atoms with van der Waals surface area (Å²) in [7, 11) is 0. The van der Waals surface area contributed by atoms with Gasteiger partial charge < -0.3 is 10.8 Å². The van der Waals surface area contributed by atoms with Crippen LogP contribution in [0.25, 0.3) is 0 Å². The molecule has 1 saturated carbocycles. The van der Waals surface area contributed by atoms with Crippen LogP contribution in [0.1, 0.15) is 18.4 Å². The van der Waals surface area contributed by atoms with Gasteiger partial charge in [0, 0.05) is 17.5 Å². The summed E-state index contributed by atoms with van der Waals surface area (Å²) in [5, 5.41) is 9.37. The van der Waals surface area contributed by atoms with E-state index in [0.717, 1.165) is 6.07 Å². The molecule has 0 bridgehead atoms. The Morgan fingerprint density at radius 1 is 1.27 bits per heavy atom. The van der Waals surface area contributed by atoms with E-state index in [1.807, 2.05) is 0 Å². The van der Waals surface area contributed by atoms with Crippen molar-refractivity contribution >= 4 is 0 Å². The summed E-state index contributed by atoms with van der Waals surface area (Å²) in [6.45, 7) is 0.186. The third kappa shape index (κ3) is 1.38. The van der Waals surface area contributed by atoms with Crippen molar-refractivity contribution in [3.63, 3.8) is 0 Å². The first-order valence-electron chi connectivity index (χ1n) is 4.59. The van der Waals surface area contributed by atoms with Crippen molar-refractivity contribution in [1.82, 2.24) is 0 Å². The Balaban J connectivity index is 2.58. The molecule has 0 aliphatic heterocycles. The van der Waals surface area contributed by atoms with Gasteiger partial charge in [-0.1, -0.05) is 0 Å². The third-order valence-corrected chi connectivity index (χ3v) is 2.95.